The number of nitrogens with one attached hydrogen (secondary N) is 1. The molecule has 138 valence electrons. The minimum absolute atomic E-state index is 0.160. The average Bonchev–Trinajstić information content (AvgIpc) is 3.05. The second kappa shape index (κ2) is 7.99. The summed E-state index contributed by atoms with van der Waals surface area (Å²) in [6.45, 7) is 4.74. The number of anilines is 1. The Morgan fingerprint density at radius 1 is 1.38 bits per heavy atom. The third-order valence-corrected chi connectivity index (χ3v) is 6.17. The highest BCUT2D eigenvalue weighted by Crippen LogP contribution is 2.36. The van der Waals surface area contributed by atoms with Gasteiger partial charge >= 0.3 is 0 Å². The molecule has 1 unspecified atom stereocenters. The molecule has 0 bridgehead atoms. The van der Waals surface area contributed by atoms with Crippen LogP contribution in [0.15, 0.2) is 36.5 Å². The van der Waals surface area contributed by atoms with Gasteiger partial charge in [0.15, 0.2) is 0 Å². The molecule has 1 aromatic heterocycles. The van der Waals surface area contributed by atoms with E-state index < -0.39 is 0 Å². The van der Waals surface area contributed by atoms with Gasteiger partial charge in [-0.3, -0.25) is 20.1 Å². The van der Waals surface area contributed by atoms with Crippen molar-refractivity contribution in [2.45, 2.75) is 26.6 Å². The first kappa shape index (κ1) is 18.6. The molecule has 0 saturated carbocycles. The first-order valence-corrected chi connectivity index (χ1v) is 10.1. The molecule has 1 atom stereocenters. The Bertz CT molecular complexity index is 821. The molecule has 0 radical (unpaired) electrons. The fraction of sp³-hybridized carbons (Fsp3) is 0.316. The summed E-state index contributed by atoms with van der Waals surface area (Å²) in [5.74, 6) is 10.2. The number of nitrogens with zero attached hydrogens (tertiary/aromatic N) is 3. The highest BCUT2D eigenvalue weighted by molar-refractivity contribution is 8.15. The maximum absolute atomic E-state index is 11.6. The predicted molar refractivity (Wildman–Crippen MR) is 109 cm³/mol. The summed E-state index contributed by atoms with van der Waals surface area (Å²) in [5.41, 5.74) is 7.47. The largest absolute Gasteiger partial charge is 0.316 e. The van der Waals surface area contributed by atoms with Gasteiger partial charge in [0.05, 0.1) is 23.5 Å². The molecule has 7 heteroatoms. The second-order valence-corrected chi connectivity index (χ2v) is 8.33. The molecule has 0 fully saturated rings. The van der Waals surface area contributed by atoms with E-state index in [9.17, 15) is 4.79 Å². The van der Waals surface area contributed by atoms with Crippen LogP contribution < -0.4 is 15.6 Å². The number of benzene rings is 1. The van der Waals surface area contributed by atoms with Crippen LogP contribution in [-0.4, -0.2) is 34.5 Å². The molecule has 1 aliphatic rings. The molecule has 6 nitrogen and oxygen atoms in total. The molecular formula is C19H25N5OS. The highest BCUT2D eigenvalue weighted by atomic mass is 32.2. The van der Waals surface area contributed by atoms with Crippen molar-refractivity contribution in [2.24, 2.45) is 5.84 Å². The Kier molecular flexibility index (Phi) is 5.70. The zero-order valence-electron chi connectivity index (χ0n) is 15.2. The average molecular weight is 372 g/mol. The van der Waals surface area contributed by atoms with E-state index in [0.29, 0.717) is 12.1 Å². The number of aromatic nitrogens is 1. The van der Waals surface area contributed by atoms with Crippen molar-refractivity contribution in [1.82, 2.24) is 15.3 Å². The van der Waals surface area contributed by atoms with Crippen molar-refractivity contribution >= 4 is 28.1 Å². The lowest BCUT2D eigenvalue weighted by atomic mass is 10.1. The number of hydrogen-bond donors (Lipinski definition) is 2. The lowest BCUT2D eigenvalue weighted by Gasteiger charge is -2.29. The van der Waals surface area contributed by atoms with Crippen LogP contribution in [0.3, 0.4) is 0 Å². The van der Waals surface area contributed by atoms with Crippen molar-refractivity contribution in [2.75, 3.05) is 17.1 Å². The van der Waals surface area contributed by atoms with E-state index in [-0.39, 0.29) is 16.6 Å². The van der Waals surface area contributed by atoms with Crippen LogP contribution in [0.5, 0.6) is 0 Å². The van der Waals surface area contributed by atoms with Gasteiger partial charge in [0.1, 0.15) is 0 Å². The number of hydrazine groups is 1. The second-order valence-electron chi connectivity index (χ2n) is 6.39. The van der Waals surface area contributed by atoms with E-state index in [1.165, 1.54) is 16.8 Å². The van der Waals surface area contributed by atoms with E-state index in [2.05, 4.69) is 57.7 Å². The van der Waals surface area contributed by atoms with Crippen molar-refractivity contribution < 1.29 is 4.79 Å². The lowest BCUT2D eigenvalue weighted by Crippen LogP contribution is -2.30. The van der Waals surface area contributed by atoms with Gasteiger partial charge in [-0.05, 0) is 36.4 Å². The molecule has 1 amide bonds. The molecular weight excluding hydrogens is 346 g/mol. The first-order valence-electron chi connectivity index (χ1n) is 8.57. The number of fused-ring (bicyclic) bond motifs is 1. The Hall–Kier alpha value is -2.22. The fourth-order valence-corrected chi connectivity index (χ4v) is 4.23. The molecule has 2 aromatic rings. The van der Waals surface area contributed by atoms with Crippen molar-refractivity contribution in [3.63, 3.8) is 0 Å². The summed E-state index contributed by atoms with van der Waals surface area (Å²) in [4.78, 5) is 18.3. The minimum Gasteiger partial charge on any atom is -0.316 e. The quantitative estimate of drug-likeness (QED) is 0.353. The van der Waals surface area contributed by atoms with E-state index in [4.69, 9.17) is 5.84 Å². The van der Waals surface area contributed by atoms with Crippen LogP contribution in [0.25, 0.3) is 0 Å². The molecule has 3 N–H and O–H groups in total. The van der Waals surface area contributed by atoms with Gasteiger partial charge < -0.3 is 4.31 Å². The predicted octanol–water partition coefficient (Wildman–Crippen LogP) is 2.27. The van der Waals surface area contributed by atoms with Crippen LogP contribution in [0.2, 0.25) is 0 Å². The first-order chi connectivity index (χ1) is 12.5. The van der Waals surface area contributed by atoms with Crippen LogP contribution in [0, 0.1) is 0 Å². The number of carbonyl (C=O) groups excluding carboxylic acids is 1. The SMILES string of the molecule is C=S(CC)N(Cc1ccc(C(=O)NN)cn1)c1cccc2c1CN(C)C2. The maximum Gasteiger partial charge on any atom is 0.266 e. The summed E-state index contributed by atoms with van der Waals surface area (Å²) < 4.78 is 2.34. The van der Waals surface area contributed by atoms with Gasteiger partial charge in [-0.15, -0.1) is 10.7 Å². The number of nitrogen functional groups attached to an aromatic ring is 1. The zero-order chi connectivity index (χ0) is 18.7. The third-order valence-electron chi connectivity index (χ3n) is 4.55. The van der Waals surface area contributed by atoms with Gasteiger partial charge in [0.2, 0.25) is 0 Å². The van der Waals surface area contributed by atoms with E-state index in [1.54, 1.807) is 12.3 Å². The summed E-state index contributed by atoms with van der Waals surface area (Å²) in [6.07, 6.45) is 1.56. The van der Waals surface area contributed by atoms with Crippen LogP contribution in [0.4, 0.5) is 5.69 Å². The summed E-state index contributed by atoms with van der Waals surface area (Å²) in [5, 5.41) is 0. The zero-order valence-corrected chi connectivity index (χ0v) is 16.1. The van der Waals surface area contributed by atoms with E-state index >= 15 is 0 Å². The minimum atomic E-state index is -0.338. The maximum atomic E-state index is 11.6. The monoisotopic (exact) mass is 371 g/mol. The Balaban J connectivity index is 1.90. The molecule has 1 aromatic carbocycles. The van der Waals surface area contributed by atoms with Crippen LogP contribution in [-0.2, 0) is 19.6 Å². The van der Waals surface area contributed by atoms with Crippen molar-refractivity contribution in [3.8, 4) is 0 Å². The van der Waals surface area contributed by atoms with Crippen LogP contribution in [0.1, 0.15) is 34.1 Å². The number of carbonyl (C=O) groups is 1. The summed E-state index contributed by atoms with van der Waals surface area (Å²) in [6, 6.07) is 10.1. The summed E-state index contributed by atoms with van der Waals surface area (Å²) >= 11 is 0. The number of nitrogens with two attached hydrogens (primary N) is 1. The van der Waals surface area contributed by atoms with E-state index in [0.717, 1.165) is 24.5 Å². The lowest BCUT2D eigenvalue weighted by molar-refractivity contribution is 0.0953. The molecule has 0 spiro atoms. The molecule has 26 heavy (non-hydrogen) atoms. The third kappa shape index (κ3) is 3.80. The normalized spacial score (nSPS) is 14.7. The van der Waals surface area contributed by atoms with E-state index in [1.807, 2.05) is 6.07 Å². The molecule has 0 saturated heterocycles. The Morgan fingerprint density at radius 2 is 2.19 bits per heavy atom. The van der Waals surface area contributed by atoms with Crippen LogP contribution >= 0.6 is 10.7 Å². The Morgan fingerprint density at radius 3 is 2.85 bits per heavy atom. The van der Waals surface area contributed by atoms with Gasteiger partial charge in [-0.2, -0.15) is 0 Å². The molecule has 1 aliphatic heterocycles. The number of hydrogen-bond acceptors (Lipinski definition) is 5. The number of pyridine rings is 1. The van der Waals surface area contributed by atoms with Crippen molar-refractivity contribution in [1.29, 1.82) is 0 Å². The van der Waals surface area contributed by atoms with Gasteiger partial charge in [-0.25, -0.2) is 5.84 Å². The number of amides is 1. The van der Waals surface area contributed by atoms with Gasteiger partial charge in [0.25, 0.3) is 5.91 Å². The Labute approximate surface area is 157 Å². The van der Waals surface area contributed by atoms with Gasteiger partial charge in [-0.1, -0.05) is 24.9 Å². The standard InChI is InChI=1S/C19H25N5OS/c1-4-26(3)24(12-16-9-8-14(10-21-16)19(25)22-20)18-7-5-6-15-11-23(2)13-17(15)18/h5-10H,3-4,11-13,20H2,1-2H3,(H,22,25). The fourth-order valence-electron chi connectivity index (χ4n) is 3.16. The highest BCUT2D eigenvalue weighted by Gasteiger charge is 2.22. The topological polar surface area (TPSA) is 74.5 Å². The van der Waals surface area contributed by atoms with Crippen molar-refractivity contribution in [3.05, 3.63) is 58.9 Å². The summed E-state index contributed by atoms with van der Waals surface area (Å²) in [7, 11) is 1.98. The van der Waals surface area contributed by atoms with Gasteiger partial charge in [0, 0.05) is 25.0 Å². The number of rotatable bonds is 6. The molecule has 0 aliphatic carbocycles. The molecule has 3 rings (SSSR count). The smallest absolute Gasteiger partial charge is 0.266 e. The molecule has 2 heterocycles.